The largest absolute Gasteiger partial charge is 0.347 e. The Kier molecular flexibility index (Phi) is 6.74. The first-order valence-corrected chi connectivity index (χ1v) is 8.73. The maximum absolute atomic E-state index is 12.3. The first-order valence-electron chi connectivity index (χ1n) is 8.73. The number of rotatable bonds is 5. The van der Waals surface area contributed by atoms with Gasteiger partial charge in [0.25, 0.3) is 6.43 Å². The zero-order valence-electron chi connectivity index (χ0n) is 15.2. The molecule has 0 atom stereocenters. The van der Waals surface area contributed by atoms with E-state index in [-0.39, 0.29) is 5.56 Å². The Bertz CT molecular complexity index is 958. The lowest BCUT2D eigenvalue weighted by Crippen LogP contribution is -2.30. The summed E-state index contributed by atoms with van der Waals surface area (Å²) in [7, 11) is 0. The van der Waals surface area contributed by atoms with Gasteiger partial charge in [0.15, 0.2) is 0 Å². The smallest absolute Gasteiger partial charge is 0.265 e. The molecule has 7 nitrogen and oxygen atoms in total. The van der Waals surface area contributed by atoms with Gasteiger partial charge in [-0.25, -0.2) is 18.3 Å². The molecule has 9 heteroatoms. The molecule has 1 N–H and O–H groups in total. The van der Waals surface area contributed by atoms with Gasteiger partial charge in [0.2, 0.25) is 0 Å². The quantitative estimate of drug-likeness (QED) is 0.685. The first-order chi connectivity index (χ1) is 13.7. The Hall–Kier alpha value is -3.20. The number of alkyl halides is 2. The van der Waals surface area contributed by atoms with Crippen LogP contribution in [0.4, 0.5) is 8.78 Å². The SMILES string of the molecule is C=N/C=C\C=N/CN1CCc2nc[nH]c2C1.FC(F)c1cccn2nccc12. The van der Waals surface area contributed by atoms with Gasteiger partial charge in [-0.3, -0.25) is 14.9 Å². The minimum atomic E-state index is -2.44. The van der Waals surface area contributed by atoms with Gasteiger partial charge in [0, 0.05) is 49.9 Å². The molecule has 1 aliphatic heterocycles. The second kappa shape index (κ2) is 9.65. The van der Waals surface area contributed by atoms with Crippen molar-refractivity contribution in [1.29, 1.82) is 0 Å². The average Bonchev–Trinajstić information content (AvgIpc) is 3.36. The summed E-state index contributed by atoms with van der Waals surface area (Å²) in [6.07, 6.45) is 8.60. The van der Waals surface area contributed by atoms with Gasteiger partial charge < -0.3 is 4.98 Å². The van der Waals surface area contributed by atoms with Crippen molar-refractivity contribution in [2.45, 2.75) is 19.4 Å². The molecule has 28 heavy (non-hydrogen) atoms. The fourth-order valence-corrected chi connectivity index (χ4v) is 2.87. The Morgan fingerprint density at radius 1 is 1.36 bits per heavy atom. The number of fused-ring (bicyclic) bond motifs is 2. The number of nitrogens with one attached hydrogen (secondary N) is 1. The molecule has 4 rings (SSSR count). The number of hydrogen-bond acceptors (Lipinski definition) is 5. The minimum absolute atomic E-state index is 0.0231. The molecule has 0 bridgehead atoms. The van der Waals surface area contributed by atoms with Crippen LogP contribution in [0.3, 0.4) is 0 Å². The van der Waals surface area contributed by atoms with E-state index >= 15 is 0 Å². The summed E-state index contributed by atoms with van der Waals surface area (Å²) in [5.41, 5.74) is 2.89. The normalized spacial score (nSPS) is 14.5. The van der Waals surface area contributed by atoms with Crippen molar-refractivity contribution in [2.24, 2.45) is 9.98 Å². The van der Waals surface area contributed by atoms with Crippen LogP contribution in [0.1, 0.15) is 23.4 Å². The standard InChI is InChI=1S/C11H15N5.C8H6F2N2/c1-12-4-2-5-13-9-16-6-3-10-11(7-16)15-8-14-10;9-8(10)6-2-1-5-12-7(6)3-4-11-12/h2,4-5,8H,1,3,6-7,9H2,(H,14,15);1-5,8H/b4-2-,13-5-;. The predicted molar refractivity (Wildman–Crippen MR) is 105 cm³/mol. The number of aromatic nitrogens is 4. The Balaban J connectivity index is 0.000000167. The van der Waals surface area contributed by atoms with Gasteiger partial charge in [-0.2, -0.15) is 5.10 Å². The molecular weight excluding hydrogens is 364 g/mol. The van der Waals surface area contributed by atoms with Crippen molar-refractivity contribution in [3.8, 4) is 0 Å². The van der Waals surface area contributed by atoms with Gasteiger partial charge >= 0.3 is 0 Å². The van der Waals surface area contributed by atoms with Gasteiger partial charge in [-0.15, -0.1) is 0 Å². The number of nitrogens with zero attached hydrogens (tertiary/aromatic N) is 6. The lowest BCUT2D eigenvalue weighted by Gasteiger charge is -2.23. The number of aromatic amines is 1. The highest BCUT2D eigenvalue weighted by atomic mass is 19.3. The number of hydrogen-bond donors (Lipinski definition) is 1. The maximum Gasteiger partial charge on any atom is 0.265 e. The van der Waals surface area contributed by atoms with E-state index in [1.807, 2.05) is 0 Å². The highest BCUT2D eigenvalue weighted by molar-refractivity contribution is 5.70. The van der Waals surface area contributed by atoms with Crippen LogP contribution < -0.4 is 0 Å². The number of aliphatic imine (C=N–C) groups is 2. The van der Waals surface area contributed by atoms with E-state index in [0.29, 0.717) is 12.2 Å². The highest BCUT2D eigenvalue weighted by Crippen LogP contribution is 2.22. The summed E-state index contributed by atoms with van der Waals surface area (Å²) in [5, 5.41) is 3.85. The van der Waals surface area contributed by atoms with Crippen LogP contribution in [-0.4, -0.2) is 50.6 Å². The summed E-state index contributed by atoms with van der Waals surface area (Å²) in [6, 6.07) is 4.53. The molecule has 0 fully saturated rings. The van der Waals surface area contributed by atoms with Crippen molar-refractivity contribution in [2.75, 3.05) is 13.2 Å². The van der Waals surface area contributed by atoms with Crippen molar-refractivity contribution < 1.29 is 8.78 Å². The van der Waals surface area contributed by atoms with E-state index in [1.54, 1.807) is 43.1 Å². The van der Waals surface area contributed by atoms with Crippen molar-refractivity contribution in [1.82, 2.24) is 24.5 Å². The third kappa shape index (κ3) is 4.95. The fraction of sp³-hybridized carbons (Fsp3) is 0.263. The van der Waals surface area contributed by atoms with Gasteiger partial charge in [-0.05, 0) is 31.0 Å². The molecule has 0 radical (unpaired) electrons. The van der Waals surface area contributed by atoms with Crippen molar-refractivity contribution >= 4 is 18.4 Å². The topological polar surface area (TPSA) is 73.9 Å². The molecule has 0 unspecified atom stereocenters. The van der Waals surface area contributed by atoms with E-state index < -0.39 is 6.43 Å². The lowest BCUT2D eigenvalue weighted by atomic mass is 10.1. The number of H-pyrrole nitrogens is 1. The van der Waals surface area contributed by atoms with Crippen LogP contribution in [0.2, 0.25) is 0 Å². The zero-order valence-corrected chi connectivity index (χ0v) is 15.2. The predicted octanol–water partition coefficient (Wildman–Crippen LogP) is 3.28. The van der Waals surface area contributed by atoms with Crippen LogP contribution in [0.5, 0.6) is 0 Å². The van der Waals surface area contributed by atoms with Crippen LogP contribution in [-0.2, 0) is 13.0 Å². The number of allylic oxidation sites excluding steroid dienone is 1. The van der Waals surface area contributed by atoms with Crippen LogP contribution in [0, 0.1) is 0 Å². The lowest BCUT2D eigenvalue weighted by molar-refractivity contribution is 0.152. The zero-order chi connectivity index (χ0) is 19.8. The summed E-state index contributed by atoms with van der Waals surface area (Å²) in [5.74, 6) is 0. The molecule has 1 aliphatic rings. The number of halogens is 2. The van der Waals surface area contributed by atoms with E-state index in [1.165, 1.54) is 28.2 Å². The van der Waals surface area contributed by atoms with Crippen LogP contribution in [0.15, 0.2) is 59.2 Å². The van der Waals surface area contributed by atoms with E-state index in [4.69, 9.17) is 0 Å². The fourth-order valence-electron chi connectivity index (χ4n) is 2.87. The second-order valence-electron chi connectivity index (χ2n) is 6.05. The Morgan fingerprint density at radius 3 is 3.07 bits per heavy atom. The van der Waals surface area contributed by atoms with Crippen molar-refractivity contribution in [3.63, 3.8) is 0 Å². The van der Waals surface area contributed by atoms with Crippen LogP contribution in [0.25, 0.3) is 5.52 Å². The average molecular weight is 385 g/mol. The first kappa shape index (κ1) is 19.6. The molecule has 0 aliphatic carbocycles. The highest BCUT2D eigenvalue weighted by Gasteiger charge is 2.16. The molecule has 0 saturated carbocycles. The van der Waals surface area contributed by atoms with E-state index in [0.717, 1.165) is 19.5 Å². The van der Waals surface area contributed by atoms with E-state index in [9.17, 15) is 8.78 Å². The molecule has 3 aromatic heterocycles. The number of imidazole rings is 1. The van der Waals surface area contributed by atoms with Gasteiger partial charge in [-0.1, -0.05) is 0 Å². The summed E-state index contributed by atoms with van der Waals surface area (Å²) in [6.45, 7) is 5.97. The maximum atomic E-state index is 12.3. The molecule has 0 aromatic carbocycles. The third-order valence-electron chi connectivity index (χ3n) is 4.22. The Morgan fingerprint density at radius 2 is 2.25 bits per heavy atom. The minimum Gasteiger partial charge on any atom is -0.347 e. The molecular formula is C19H21F2N7. The molecule has 4 heterocycles. The monoisotopic (exact) mass is 385 g/mol. The molecule has 0 saturated heterocycles. The summed E-state index contributed by atoms with van der Waals surface area (Å²) < 4.78 is 26.1. The second-order valence-corrected chi connectivity index (χ2v) is 6.05. The summed E-state index contributed by atoms with van der Waals surface area (Å²) >= 11 is 0. The molecule has 146 valence electrons. The van der Waals surface area contributed by atoms with Crippen LogP contribution >= 0.6 is 0 Å². The van der Waals surface area contributed by atoms with Gasteiger partial charge in [0.1, 0.15) is 0 Å². The van der Waals surface area contributed by atoms with E-state index in [2.05, 4.69) is 36.7 Å². The molecule has 0 amide bonds. The van der Waals surface area contributed by atoms with Crippen molar-refractivity contribution in [3.05, 3.63) is 66.1 Å². The third-order valence-corrected chi connectivity index (χ3v) is 4.22. The molecule has 3 aromatic rings. The number of pyridine rings is 1. The Labute approximate surface area is 161 Å². The van der Waals surface area contributed by atoms with Gasteiger partial charge in [0.05, 0.1) is 29.9 Å². The molecule has 0 spiro atoms. The summed E-state index contributed by atoms with van der Waals surface area (Å²) in [4.78, 5) is 17.6.